The van der Waals surface area contributed by atoms with E-state index in [9.17, 15) is 0 Å². The second-order valence-corrected chi connectivity index (χ2v) is 6.17. The van der Waals surface area contributed by atoms with Crippen molar-refractivity contribution in [2.45, 2.75) is 25.3 Å². The van der Waals surface area contributed by atoms with E-state index in [0.717, 1.165) is 24.6 Å². The maximum atomic E-state index is 5.79. The second-order valence-electron chi connectivity index (χ2n) is 5.13. The Morgan fingerprint density at radius 3 is 2.95 bits per heavy atom. The fraction of sp³-hybridized carbons (Fsp3) is 0.235. The van der Waals surface area contributed by atoms with Gasteiger partial charge in [0.25, 0.3) is 0 Å². The molecule has 21 heavy (non-hydrogen) atoms. The Kier molecular flexibility index (Phi) is 4.60. The number of aromatic nitrogens is 1. The van der Waals surface area contributed by atoms with Crippen LogP contribution in [0.25, 0.3) is 10.8 Å². The van der Waals surface area contributed by atoms with Gasteiger partial charge in [0.05, 0.1) is 0 Å². The summed E-state index contributed by atoms with van der Waals surface area (Å²) in [6.45, 7) is 0. The van der Waals surface area contributed by atoms with Gasteiger partial charge >= 0.3 is 0 Å². The van der Waals surface area contributed by atoms with Crippen LogP contribution < -0.4 is 11.3 Å². The van der Waals surface area contributed by atoms with Crippen molar-refractivity contribution in [2.24, 2.45) is 5.84 Å². The number of fused-ring (bicyclic) bond motifs is 1. The van der Waals surface area contributed by atoms with E-state index in [1.54, 1.807) is 0 Å². The Hall–Kier alpha value is -1.75. The first-order chi connectivity index (χ1) is 10.4. The summed E-state index contributed by atoms with van der Waals surface area (Å²) >= 11 is 1.82. The predicted molar refractivity (Wildman–Crippen MR) is 89.1 cm³/mol. The molecule has 108 valence electrons. The molecule has 0 amide bonds. The average Bonchev–Trinajstić information content (AvgIpc) is 3.05. The van der Waals surface area contributed by atoms with E-state index in [4.69, 9.17) is 5.84 Å². The summed E-state index contributed by atoms with van der Waals surface area (Å²) in [5, 5.41) is 4.52. The monoisotopic (exact) mass is 297 g/mol. The fourth-order valence-electron chi connectivity index (χ4n) is 2.72. The van der Waals surface area contributed by atoms with E-state index in [1.165, 1.54) is 15.8 Å². The summed E-state index contributed by atoms with van der Waals surface area (Å²) in [6.07, 6.45) is 7.00. The largest absolute Gasteiger partial charge is 0.271 e. The molecule has 1 aromatic carbocycles. The second kappa shape index (κ2) is 6.80. The summed E-state index contributed by atoms with van der Waals surface area (Å²) in [6, 6.07) is 12.9. The lowest BCUT2D eigenvalue weighted by molar-refractivity contribution is 0.502. The van der Waals surface area contributed by atoms with Crippen LogP contribution in [0.15, 0.2) is 54.2 Å². The molecule has 1 atom stereocenters. The van der Waals surface area contributed by atoms with Crippen molar-refractivity contribution >= 4 is 22.1 Å². The van der Waals surface area contributed by atoms with Crippen LogP contribution in [-0.4, -0.2) is 4.98 Å². The first-order valence-electron chi connectivity index (χ1n) is 7.19. The Bertz CT molecular complexity index is 689. The number of pyridine rings is 1. The van der Waals surface area contributed by atoms with Crippen LogP contribution >= 0.6 is 11.3 Å². The fourth-order valence-corrected chi connectivity index (χ4v) is 3.47. The molecule has 3 nitrogen and oxygen atoms in total. The maximum Gasteiger partial charge on any atom is 0.0466 e. The maximum absolute atomic E-state index is 5.79. The summed E-state index contributed by atoms with van der Waals surface area (Å²) in [4.78, 5) is 5.62. The van der Waals surface area contributed by atoms with Crippen LogP contribution in [-0.2, 0) is 6.42 Å². The van der Waals surface area contributed by atoms with Crippen molar-refractivity contribution in [1.29, 1.82) is 0 Å². The molecule has 0 saturated heterocycles. The van der Waals surface area contributed by atoms with Crippen molar-refractivity contribution in [3.63, 3.8) is 0 Å². The van der Waals surface area contributed by atoms with Gasteiger partial charge in [0.15, 0.2) is 0 Å². The molecule has 0 aliphatic carbocycles. The lowest BCUT2D eigenvalue weighted by Gasteiger charge is -2.18. The lowest BCUT2D eigenvalue weighted by atomic mass is 9.96. The topological polar surface area (TPSA) is 50.9 Å². The van der Waals surface area contributed by atoms with Gasteiger partial charge < -0.3 is 0 Å². The molecule has 0 radical (unpaired) electrons. The Labute approximate surface area is 128 Å². The molecule has 2 aromatic heterocycles. The summed E-state index contributed by atoms with van der Waals surface area (Å²) < 4.78 is 0. The van der Waals surface area contributed by atoms with Gasteiger partial charge in [0.2, 0.25) is 0 Å². The summed E-state index contributed by atoms with van der Waals surface area (Å²) in [5.41, 5.74) is 4.23. The zero-order valence-corrected chi connectivity index (χ0v) is 12.6. The average molecular weight is 297 g/mol. The van der Waals surface area contributed by atoms with Gasteiger partial charge in [-0.05, 0) is 47.7 Å². The third kappa shape index (κ3) is 3.29. The normalized spacial score (nSPS) is 12.6. The van der Waals surface area contributed by atoms with Gasteiger partial charge in [0.1, 0.15) is 0 Å². The van der Waals surface area contributed by atoms with Gasteiger partial charge in [0, 0.05) is 28.7 Å². The molecule has 2 heterocycles. The Morgan fingerprint density at radius 1 is 1.19 bits per heavy atom. The number of aryl methyl sites for hydroxylation is 1. The van der Waals surface area contributed by atoms with E-state index in [1.807, 2.05) is 23.7 Å². The molecule has 4 heteroatoms. The number of hydrogen-bond acceptors (Lipinski definition) is 4. The number of hydrazine groups is 1. The SMILES string of the molecule is NNC(CCCc1cccs1)c1cccc2cnccc12. The molecule has 3 N–H and O–H groups in total. The van der Waals surface area contributed by atoms with Crippen molar-refractivity contribution < 1.29 is 0 Å². The van der Waals surface area contributed by atoms with Crippen molar-refractivity contribution in [3.8, 4) is 0 Å². The molecule has 1 unspecified atom stereocenters. The molecule has 3 aromatic rings. The van der Waals surface area contributed by atoms with Crippen LogP contribution in [0.2, 0.25) is 0 Å². The van der Waals surface area contributed by atoms with Crippen LogP contribution in [0.4, 0.5) is 0 Å². The van der Waals surface area contributed by atoms with Crippen LogP contribution in [0, 0.1) is 0 Å². The number of thiophene rings is 1. The minimum absolute atomic E-state index is 0.177. The highest BCUT2D eigenvalue weighted by Gasteiger charge is 2.12. The van der Waals surface area contributed by atoms with E-state index < -0.39 is 0 Å². The van der Waals surface area contributed by atoms with Crippen LogP contribution in [0.5, 0.6) is 0 Å². The number of rotatable bonds is 6. The highest BCUT2D eigenvalue weighted by Crippen LogP contribution is 2.27. The number of nitrogens with one attached hydrogen (secondary N) is 1. The Balaban J connectivity index is 1.75. The molecule has 0 spiro atoms. The predicted octanol–water partition coefficient (Wildman–Crippen LogP) is 3.82. The summed E-state index contributed by atoms with van der Waals surface area (Å²) in [7, 11) is 0. The van der Waals surface area contributed by atoms with E-state index in [2.05, 4.69) is 52.2 Å². The van der Waals surface area contributed by atoms with E-state index in [-0.39, 0.29) is 6.04 Å². The number of nitrogens with two attached hydrogens (primary N) is 1. The molecule has 0 fully saturated rings. The minimum Gasteiger partial charge on any atom is -0.271 e. The molecule has 3 rings (SSSR count). The molecule has 0 bridgehead atoms. The van der Waals surface area contributed by atoms with E-state index in [0.29, 0.717) is 0 Å². The van der Waals surface area contributed by atoms with Gasteiger partial charge in [-0.25, -0.2) is 0 Å². The number of benzene rings is 1. The smallest absolute Gasteiger partial charge is 0.0466 e. The first-order valence-corrected chi connectivity index (χ1v) is 8.07. The van der Waals surface area contributed by atoms with Crippen molar-refractivity contribution in [2.75, 3.05) is 0 Å². The van der Waals surface area contributed by atoms with Crippen LogP contribution in [0.3, 0.4) is 0 Å². The van der Waals surface area contributed by atoms with Gasteiger partial charge in [-0.1, -0.05) is 24.3 Å². The molecule has 0 aliphatic rings. The number of nitrogens with zero attached hydrogens (tertiary/aromatic N) is 1. The molecular formula is C17H19N3S. The Morgan fingerprint density at radius 2 is 2.14 bits per heavy atom. The molecule has 0 saturated carbocycles. The highest BCUT2D eigenvalue weighted by molar-refractivity contribution is 7.09. The zero-order valence-electron chi connectivity index (χ0n) is 11.8. The van der Waals surface area contributed by atoms with Crippen LogP contribution in [0.1, 0.15) is 29.3 Å². The third-order valence-electron chi connectivity index (χ3n) is 3.79. The quantitative estimate of drug-likeness (QED) is 0.537. The first kappa shape index (κ1) is 14.2. The zero-order chi connectivity index (χ0) is 14.5. The molecule has 0 aliphatic heterocycles. The minimum atomic E-state index is 0.177. The lowest BCUT2D eigenvalue weighted by Crippen LogP contribution is -2.28. The van der Waals surface area contributed by atoms with Gasteiger partial charge in [-0.3, -0.25) is 16.3 Å². The van der Waals surface area contributed by atoms with Crippen molar-refractivity contribution in [1.82, 2.24) is 10.4 Å². The van der Waals surface area contributed by atoms with E-state index >= 15 is 0 Å². The van der Waals surface area contributed by atoms with Crippen molar-refractivity contribution in [3.05, 3.63) is 64.6 Å². The molecular weight excluding hydrogens is 278 g/mol. The third-order valence-corrected chi connectivity index (χ3v) is 4.72. The van der Waals surface area contributed by atoms with Gasteiger partial charge in [-0.2, -0.15) is 0 Å². The number of hydrogen-bond donors (Lipinski definition) is 2. The standard InChI is InChI=1S/C17H19N3S/c18-20-17(8-2-5-14-6-3-11-21-14)16-7-1-4-13-12-19-10-9-15(13)16/h1,3-4,6-7,9-12,17,20H,2,5,8,18H2. The highest BCUT2D eigenvalue weighted by atomic mass is 32.1. The van der Waals surface area contributed by atoms with Gasteiger partial charge in [-0.15, -0.1) is 11.3 Å². The summed E-state index contributed by atoms with van der Waals surface area (Å²) in [5.74, 6) is 5.79.